The third kappa shape index (κ3) is 16.1. The van der Waals surface area contributed by atoms with Gasteiger partial charge in [0.2, 0.25) is 0 Å². The van der Waals surface area contributed by atoms with Crippen molar-refractivity contribution in [2.24, 2.45) is 11.8 Å². The van der Waals surface area contributed by atoms with Crippen molar-refractivity contribution in [2.45, 2.75) is 103 Å². The van der Waals surface area contributed by atoms with Crippen molar-refractivity contribution in [1.82, 2.24) is 29.8 Å². The Morgan fingerprint density at radius 2 is 1.10 bits per heavy atom. The van der Waals surface area contributed by atoms with Gasteiger partial charge in [0.05, 0.1) is 14.2 Å². The summed E-state index contributed by atoms with van der Waals surface area (Å²) in [7, 11) is 4.39. The van der Waals surface area contributed by atoms with Crippen LogP contribution in [-0.2, 0) is 17.8 Å². The molecule has 2 N–H and O–H groups in total. The molecule has 0 spiro atoms. The number of rotatable bonds is 12. The van der Waals surface area contributed by atoms with E-state index in [1.807, 2.05) is 62.1 Å². The van der Waals surface area contributed by atoms with Crippen LogP contribution in [-0.4, -0.2) is 140 Å². The summed E-state index contributed by atoms with van der Waals surface area (Å²) in [5.41, 5.74) is 4.27. The van der Waals surface area contributed by atoms with Crippen molar-refractivity contribution >= 4 is 18.5 Å². The second-order valence-corrected chi connectivity index (χ2v) is 20.2. The number of nitrogens with zero attached hydrogens (tertiary/aromatic N) is 5. The van der Waals surface area contributed by atoms with Crippen LogP contribution in [0.5, 0.6) is 11.5 Å². The summed E-state index contributed by atoms with van der Waals surface area (Å²) in [6.45, 7) is 21.2. The Bertz CT molecular complexity index is 2150. The molecule has 70 heavy (non-hydrogen) atoms. The van der Waals surface area contributed by atoms with E-state index >= 15 is 0 Å². The van der Waals surface area contributed by atoms with Crippen LogP contribution >= 0.6 is 12.4 Å². The molecule has 2 unspecified atom stereocenters. The average molecular weight is 992 g/mol. The average Bonchev–Trinajstić information content (AvgIpc) is 3.35. The van der Waals surface area contributed by atoms with Gasteiger partial charge in [-0.1, -0.05) is 48.5 Å². The molecule has 0 saturated carbocycles. The summed E-state index contributed by atoms with van der Waals surface area (Å²) in [5, 5.41) is 10.5. The number of aliphatic hydroxyl groups is 1. The highest BCUT2D eigenvalue weighted by Crippen LogP contribution is 2.40. The number of hydrogen-bond donors (Lipinski definition) is 2. The van der Waals surface area contributed by atoms with Crippen LogP contribution in [0, 0.1) is 23.5 Å². The molecule has 4 aromatic carbocycles. The number of methoxy groups -OCH3 is 2. The number of benzene rings is 4. The highest BCUT2D eigenvalue weighted by Gasteiger charge is 2.39. The predicted octanol–water partition coefficient (Wildman–Crippen LogP) is 9.84. The first-order valence-corrected chi connectivity index (χ1v) is 25.1. The number of amides is 1. The van der Waals surface area contributed by atoms with Gasteiger partial charge in [0.15, 0.2) is 0 Å². The molecule has 4 aliphatic heterocycles. The Hall–Kier alpha value is -4.34. The first-order chi connectivity index (χ1) is 33.3. The van der Waals surface area contributed by atoms with Gasteiger partial charge in [-0.3, -0.25) is 19.6 Å². The second-order valence-electron chi connectivity index (χ2n) is 20.2. The zero-order valence-electron chi connectivity index (χ0n) is 43.0. The van der Waals surface area contributed by atoms with E-state index in [1.165, 1.54) is 17.2 Å². The summed E-state index contributed by atoms with van der Waals surface area (Å²) in [6, 6.07) is 32.1. The molecule has 4 atom stereocenters. The molecule has 4 saturated heterocycles. The van der Waals surface area contributed by atoms with Crippen LogP contribution < -0.4 is 14.8 Å². The molecule has 0 bridgehead atoms. The van der Waals surface area contributed by atoms with Crippen molar-refractivity contribution < 1.29 is 32.9 Å². The zero-order chi connectivity index (χ0) is 49.5. The van der Waals surface area contributed by atoms with Gasteiger partial charge >= 0.3 is 6.09 Å². The van der Waals surface area contributed by atoms with Gasteiger partial charge in [-0.15, -0.1) is 12.4 Å². The first kappa shape index (κ1) is 56.6. The minimum absolute atomic E-state index is 0. The number of piperidine rings is 2. The summed E-state index contributed by atoms with van der Waals surface area (Å²) < 4.78 is 44.6. The maximum absolute atomic E-state index is 14.3. The molecule has 4 heterocycles. The predicted molar refractivity (Wildman–Crippen MR) is 279 cm³/mol. The molecule has 386 valence electrons. The molecule has 0 aliphatic carbocycles. The Morgan fingerprint density at radius 1 is 0.657 bits per heavy atom. The van der Waals surface area contributed by atoms with E-state index in [9.17, 15) is 13.6 Å². The fourth-order valence-corrected chi connectivity index (χ4v) is 10.8. The SMILES string of the molecule is CO.COc1ccc(CN2CCC(C(c3cccc(F)c3)N3CCN(C(=O)OC(C)(C)C)C[C@@H]3C)CC2)cc1.COc1ccc(CN2CCC(C(c3cccc(F)c3)N3CCNC[C@@H]3C)CC2)cc1.Cl. The molecule has 14 heteroatoms. The Morgan fingerprint density at radius 3 is 1.49 bits per heavy atom. The van der Waals surface area contributed by atoms with Crippen molar-refractivity contribution in [3.63, 3.8) is 0 Å². The van der Waals surface area contributed by atoms with Crippen molar-refractivity contribution in [3.05, 3.63) is 131 Å². The zero-order valence-corrected chi connectivity index (χ0v) is 43.8. The Labute approximate surface area is 423 Å². The van der Waals surface area contributed by atoms with Crippen LogP contribution in [0.2, 0.25) is 0 Å². The Kier molecular flexibility index (Phi) is 22.2. The lowest BCUT2D eigenvalue weighted by molar-refractivity contribution is -0.0150. The summed E-state index contributed by atoms with van der Waals surface area (Å²) in [5.74, 6) is 2.43. The molecule has 0 aromatic heterocycles. The number of carbonyl (C=O) groups is 1. The van der Waals surface area contributed by atoms with Crippen LogP contribution in [0.1, 0.15) is 94.6 Å². The largest absolute Gasteiger partial charge is 0.497 e. The van der Waals surface area contributed by atoms with Crippen LogP contribution in [0.3, 0.4) is 0 Å². The highest BCUT2D eigenvalue weighted by molar-refractivity contribution is 5.85. The molecular formula is C56H81ClF2N6O5. The monoisotopic (exact) mass is 991 g/mol. The maximum Gasteiger partial charge on any atom is 0.410 e. The quantitative estimate of drug-likeness (QED) is 0.143. The van der Waals surface area contributed by atoms with Crippen LogP contribution in [0.25, 0.3) is 0 Å². The van der Waals surface area contributed by atoms with Crippen LogP contribution in [0.4, 0.5) is 13.6 Å². The number of ether oxygens (including phenoxy) is 3. The Balaban J connectivity index is 0.000000253. The molecule has 11 nitrogen and oxygen atoms in total. The van der Waals surface area contributed by atoms with Crippen LogP contribution in [0.15, 0.2) is 97.1 Å². The lowest BCUT2D eigenvalue weighted by Gasteiger charge is -2.48. The normalized spacial score (nSPS) is 20.9. The van der Waals surface area contributed by atoms with E-state index in [0.29, 0.717) is 37.0 Å². The van der Waals surface area contributed by atoms with E-state index in [1.54, 1.807) is 32.4 Å². The number of hydrogen-bond acceptors (Lipinski definition) is 10. The minimum atomic E-state index is -0.513. The molecule has 4 fully saturated rings. The highest BCUT2D eigenvalue weighted by atomic mass is 35.5. The van der Waals surface area contributed by atoms with E-state index in [-0.39, 0.29) is 42.2 Å². The van der Waals surface area contributed by atoms with E-state index < -0.39 is 5.60 Å². The standard InChI is InChI=1S/C30H42FN3O3.C25H34FN3O.CH4O.ClH/c1-22-20-33(29(35)37-30(2,3)4)17-18-34(22)28(25-7-6-8-26(31)19-25)24-13-15-32(16-14-24)21-23-9-11-27(36-5)12-10-23;1-19-17-27-12-15-29(19)25(22-4-3-5-23(26)16-22)21-10-13-28(14-11-21)18-20-6-8-24(30-2)9-7-20;1-2;/h6-12,19,22,24,28H,13-18,20-21H2,1-5H3;3-9,16,19,21,25,27H,10-15,17-18H2,1-2H3;2H,1H3;1H/t22-,28?;19-,25?;;/m00../s1. The van der Waals surface area contributed by atoms with Gasteiger partial charge in [0.1, 0.15) is 28.7 Å². The number of halogens is 3. The number of aliphatic hydroxyl groups excluding tert-OH is 1. The second kappa shape index (κ2) is 27.5. The lowest BCUT2D eigenvalue weighted by Crippen LogP contribution is -2.56. The fourth-order valence-electron chi connectivity index (χ4n) is 10.8. The minimum Gasteiger partial charge on any atom is -0.497 e. The third-order valence-electron chi connectivity index (χ3n) is 14.3. The third-order valence-corrected chi connectivity index (χ3v) is 14.3. The first-order valence-electron chi connectivity index (χ1n) is 25.1. The van der Waals surface area contributed by atoms with Gasteiger partial charge in [0, 0.05) is 83.6 Å². The smallest absolute Gasteiger partial charge is 0.410 e. The van der Waals surface area contributed by atoms with Crippen molar-refractivity contribution in [1.29, 1.82) is 0 Å². The number of piperazine rings is 2. The summed E-state index contributed by atoms with van der Waals surface area (Å²) in [6.07, 6.45) is 4.14. The summed E-state index contributed by atoms with van der Waals surface area (Å²) in [4.78, 5) is 24.6. The molecule has 0 radical (unpaired) electrons. The van der Waals surface area contributed by atoms with E-state index in [0.717, 1.165) is 121 Å². The van der Waals surface area contributed by atoms with Crippen molar-refractivity contribution in [2.75, 3.05) is 86.8 Å². The number of carbonyl (C=O) groups excluding carboxylic acids is 1. The van der Waals surface area contributed by atoms with Gasteiger partial charge in [-0.05, 0) is 169 Å². The van der Waals surface area contributed by atoms with E-state index in [2.05, 4.69) is 75.2 Å². The molecule has 4 aliphatic rings. The van der Waals surface area contributed by atoms with Gasteiger partial charge in [-0.2, -0.15) is 0 Å². The lowest BCUT2D eigenvalue weighted by atomic mass is 9.83. The fraction of sp³-hybridized carbons (Fsp3) is 0.554. The van der Waals surface area contributed by atoms with Gasteiger partial charge in [0.25, 0.3) is 0 Å². The van der Waals surface area contributed by atoms with Gasteiger partial charge < -0.3 is 29.5 Å². The number of likely N-dealkylation sites (tertiary alicyclic amines) is 2. The molecule has 1 amide bonds. The summed E-state index contributed by atoms with van der Waals surface area (Å²) >= 11 is 0. The van der Waals surface area contributed by atoms with Gasteiger partial charge in [-0.25, -0.2) is 13.6 Å². The number of nitrogens with one attached hydrogen (secondary N) is 1. The molecular weight excluding hydrogens is 910 g/mol. The molecule has 8 rings (SSSR count). The molecule has 4 aromatic rings. The maximum atomic E-state index is 14.3. The van der Waals surface area contributed by atoms with Crippen molar-refractivity contribution in [3.8, 4) is 11.5 Å². The topological polar surface area (TPSA) is 93.2 Å². The van der Waals surface area contributed by atoms with E-state index in [4.69, 9.17) is 19.3 Å².